The maximum Gasteiger partial charge on any atom is 1.00 e. The van der Waals surface area contributed by atoms with Gasteiger partial charge in [0.2, 0.25) is 0 Å². The summed E-state index contributed by atoms with van der Waals surface area (Å²) in [4.78, 5) is 10.6. The Kier molecular flexibility index (Phi) is 5.16. The molecule has 0 saturated heterocycles. The smallest absolute Gasteiger partial charge is 0.545 e. The Hall–Kier alpha value is 0.116. The molecule has 1 aromatic heterocycles. The predicted octanol–water partition coefficient (Wildman–Crippen LogP) is -3.86. The van der Waals surface area contributed by atoms with Crippen molar-refractivity contribution < 1.29 is 61.3 Å². The van der Waals surface area contributed by atoms with Crippen molar-refractivity contribution in [3.63, 3.8) is 0 Å². The summed E-state index contributed by atoms with van der Waals surface area (Å²) in [5.74, 6) is -0.738. The van der Waals surface area contributed by atoms with Crippen LogP contribution in [-0.4, -0.2) is 22.8 Å². The molecule has 1 N–H and O–H groups in total. The number of carbonyl (C=O) groups is 1. The third-order valence-electron chi connectivity index (χ3n) is 1.66. The average Bonchev–Trinajstić information content (AvgIpc) is 2.24. The number of aromatic nitrogens is 2. The molecule has 5 nitrogen and oxygen atoms in total. The number of aryl methyl sites for hydroxylation is 2. The second kappa shape index (κ2) is 5.11. The Morgan fingerprint density at radius 3 is 2.46 bits per heavy atom. The number of nitrogens with one attached hydrogen (secondary N) is 1. The first-order valence-corrected chi connectivity index (χ1v) is 3.50. The van der Waals surface area contributed by atoms with Gasteiger partial charge in [0.25, 0.3) is 0 Å². The molecule has 13 heavy (non-hydrogen) atoms. The summed E-state index contributed by atoms with van der Waals surface area (Å²) < 4.78 is 1.47. The predicted molar refractivity (Wildman–Crippen MR) is 41.8 cm³/mol. The van der Waals surface area contributed by atoms with E-state index in [9.17, 15) is 9.90 Å². The first-order valence-electron chi connectivity index (χ1n) is 3.50. The van der Waals surface area contributed by atoms with Crippen LogP contribution in [0.2, 0.25) is 0 Å². The van der Waals surface area contributed by atoms with Gasteiger partial charge in [-0.25, -0.2) is 0 Å². The Morgan fingerprint density at radius 2 is 2.15 bits per heavy atom. The fourth-order valence-corrected chi connectivity index (χ4v) is 1.19. The van der Waals surface area contributed by atoms with E-state index in [1.54, 1.807) is 21.0 Å². The number of anilines is 1. The van der Waals surface area contributed by atoms with Crippen LogP contribution in [0.1, 0.15) is 16.1 Å². The van der Waals surface area contributed by atoms with E-state index in [0.29, 0.717) is 11.5 Å². The second-order valence-electron chi connectivity index (χ2n) is 2.47. The van der Waals surface area contributed by atoms with Gasteiger partial charge in [-0.2, -0.15) is 5.10 Å². The number of carboxylic acids is 1. The second-order valence-corrected chi connectivity index (χ2v) is 2.47. The molecule has 0 aliphatic heterocycles. The van der Waals surface area contributed by atoms with E-state index >= 15 is 0 Å². The molecule has 0 fully saturated rings. The Bertz CT molecular complexity index is 322. The Labute approximate surface area is 119 Å². The summed E-state index contributed by atoms with van der Waals surface area (Å²) in [6, 6.07) is 0. The zero-order valence-corrected chi connectivity index (χ0v) is 11.3. The third-order valence-corrected chi connectivity index (χ3v) is 1.66. The van der Waals surface area contributed by atoms with Gasteiger partial charge in [0.15, 0.2) is 0 Å². The van der Waals surface area contributed by atoms with Crippen molar-refractivity contribution in [2.45, 2.75) is 6.92 Å². The number of nitrogens with zero attached hydrogens (tertiary/aromatic N) is 2. The number of rotatable bonds is 2. The van der Waals surface area contributed by atoms with E-state index in [1.807, 2.05) is 0 Å². The molecule has 1 rings (SSSR count). The largest absolute Gasteiger partial charge is 1.00 e. The normalized spacial score (nSPS) is 9.15. The maximum absolute atomic E-state index is 10.6. The van der Waals surface area contributed by atoms with Gasteiger partial charge >= 0.3 is 51.4 Å². The van der Waals surface area contributed by atoms with Crippen LogP contribution in [0.25, 0.3) is 0 Å². The first kappa shape index (κ1) is 13.1. The SMILES string of the molecule is CNc1c(C(=O)[O-])c(C)nn1C.[K+]. The van der Waals surface area contributed by atoms with E-state index in [4.69, 9.17) is 0 Å². The molecule has 0 aliphatic rings. The monoisotopic (exact) mass is 207 g/mol. The summed E-state index contributed by atoms with van der Waals surface area (Å²) in [6.45, 7) is 1.63. The summed E-state index contributed by atoms with van der Waals surface area (Å²) in [5, 5.41) is 17.3. The molecule has 0 atom stereocenters. The molecule has 0 bridgehead atoms. The number of carbonyl (C=O) groups excluding carboxylic acids is 1. The minimum atomic E-state index is -1.20. The van der Waals surface area contributed by atoms with Crippen LogP contribution < -0.4 is 61.8 Å². The van der Waals surface area contributed by atoms with Crippen molar-refractivity contribution in [3.8, 4) is 0 Å². The van der Waals surface area contributed by atoms with Crippen molar-refractivity contribution in [2.24, 2.45) is 7.05 Å². The standard InChI is InChI=1S/C7H11N3O2.K/c1-4-5(7(11)12)6(8-2)10(3)9-4;/h8H,1-3H3,(H,11,12);/q;+1/p-1. The van der Waals surface area contributed by atoms with E-state index in [-0.39, 0.29) is 56.9 Å². The van der Waals surface area contributed by atoms with Crippen LogP contribution in [0.15, 0.2) is 0 Å². The quantitative estimate of drug-likeness (QED) is 0.504. The van der Waals surface area contributed by atoms with Gasteiger partial charge in [0, 0.05) is 14.1 Å². The zero-order valence-electron chi connectivity index (χ0n) is 8.21. The molecule has 0 unspecified atom stereocenters. The third kappa shape index (κ3) is 2.54. The van der Waals surface area contributed by atoms with Crippen molar-refractivity contribution in [2.75, 3.05) is 12.4 Å². The molecule has 0 amide bonds. The first-order chi connectivity index (χ1) is 5.57. The molecular formula is C7H10KN3O2. The maximum atomic E-state index is 10.6. The van der Waals surface area contributed by atoms with E-state index in [0.717, 1.165) is 0 Å². The van der Waals surface area contributed by atoms with Crippen molar-refractivity contribution in [1.29, 1.82) is 0 Å². The molecule has 0 aromatic carbocycles. The summed E-state index contributed by atoms with van der Waals surface area (Å²) in [6.07, 6.45) is 0. The zero-order chi connectivity index (χ0) is 9.30. The summed E-state index contributed by atoms with van der Waals surface area (Å²) >= 11 is 0. The molecule has 0 radical (unpaired) electrons. The van der Waals surface area contributed by atoms with Crippen LogP contribution in [-0.2, 0) is 7.05 Å². The summed E-state index contributed by atoms with van der Waals surface area (Å²) in [5.41, 5.74) is 0.585. The van der Waals surface area contributed by atoms with Crippen LogP contribution in [0.3, 0.4) is 0 Å². The topological polar surface area (TPSA) is 70.0 Å². The van der Waals surface area contributed by atoms with E-state index in [1.165, 1.54) is 4.68 Å². The van der Waals surface area contributed by atoms with Crippen molar-refractivity contribution >= 4 is 11.8 Å². The number of carboxylic acid groups (broad SMARTS) is 1. The fraction of sp³-hybridized carbons (Fsp3) is 0.429. The van der Waals surface area contributed by atoms with Gasteiger partial charge in [-0.3, -0.25) is 4.68 Å². The molecule has 0 saturated carbocycles. The average molecular weight is 207 g/mol. The summed E-state index contributed by atoms with van der Waals surface area (Å²) in [7, 11) is 3.31. The minimum absolute atomic E-state index is 0. The van der Waals surface area contributed by atoms with Gasteiger partial charge < -0.3 is 15.2 Å². The number of hydrogen-bond donors (Lipinski definition) is 1. The van der Waals surface area contributed by atoms with Crippen LogP contribution in [0.5, 0.6) is 0 Å². The van der Waals surface area contributed by atoms with Crippen molar-refractivity contribution in [1.82, 2.24) is 9.78 Å². The van der Waals surface area contributed by atoms with E-state index < -0.39 is 5.97 Å². The molecule has 66 valence electrons. The molecule has 0 spiro atoms. The van der Waals surface area contributed by atoms with Gasteiger partial charge in [-0.15, -0.1) is 0 Å². The molecule has 1 heterocycles. The molecular weight excluding hydrogens is 197 g/mol. The molecule has 0 aliphatic carbocycles. The molecule has 1 aromatic rings. The fourth-order valence-electron chi connectivity index (χ4n) is 1.19. The van der Waals surface area contributed by atoms with Gasteiger partial charge in [0.1, 0.15) is 5.82 Å². The number of aromatic carboxylic acids is 1. The number of hydrogen-bond acceptors (Lipinski definition) is 4. The van der Waals surface area contributed by atoms with Crippen LogP contribution in [0.4, 0.5) is 5.82 Å². The Balaban J connectivity index is 0.00000144. The van der Waals surface area contributed by atoms with E-state index in [2.05, 4.69) is 10.4 Å². The van der Waals surface area contributed by atoms with Crippen LogP contribution in [0, 0.1) is 6.92 Å². The van der Waals surface area contributed by atoms with Gasteiger partial charge in [-0.05, 0) is 6.92 Å². The minimum Gasteiger partial charge on any atom is -0.545 e. The Morgan fingerprint density at radius 1 is 1.62 bits per heavy atom. The van der Waals surface area contributed by atoms with Crippen molar-refractivity contribution in [3.05, 3.63) is 11.3 Å². The van der Waals surface area contributed by atoms with Gasteiger partial charge in [0.05, 0.1) is 17.2 Å². The van der Waals surface area contributed by atoms with Crippen LogP contribution >= 0.6 is 0 Å². The molecule has 6 heteroatoms. The van der Waals surface area contributed by atoms with Gasteiger partial charge in [-0.1, -0.05) is 0 Å².